The van der Waals surface area contributed by atoms with E-state index in [0.717, 1.165) is 40.1 Å². The lowest BCUT2D eigenvalue weighted by atomic mass is 10.1. The van der Waals surface area contributed by atoms with Crippen molar-refractivity contribution < 1.29 is 9.47 Å². The Morgan fingerprint density at radius 1 is 1.00 bits per heavy atom. The highest BCUT2D eigenvalue weighted by atomic mass is 35.5. The average molecular weight is 355 g/mol. The minimum atomic E-state index is 0.295. The van der Waals surface area contributed by atoms with Crippen LogP contribution in [0.2, 0.25) is 5.15 Å². The Hall–Kier alpha value is -2.30. The normalized spacial score (nSPS) is 12.8. The number of aryl methyl sites for hydroxylation is 2. The van der Waals surface area contributed by atoms with E-state index >= 15 is 0 Å². The maximum absolute atomic E-state index is 6.37. The van der Waals surface area contributed by atoms with E-state index in [4.69, 9.17) is 21.1 Å². The molecule has 2 aromatic carbocycles. The molecule has 1 N–H and O–H groups in total. The predicted molar refractivity (Wildman–Crippen MR) is 99.3 cm³/mol. The van der Waals surface area contributed by atoms with Crippen molar-refractivity contribution in [3.8, 4) is 11.5 Å². The molecule has 1 aliphatic rings. The molecule has 0 fully saturated rings. The summed E-state index contributed by atoms with van der Waals surface area (Å²) >= 11 is 6.37. The molecule has 25 heavy (non-hydrogen) atoms. The van der Waals surface area contributed by atoms with Crippen LogP contribution in [0.4, 0.5) is 0 Å². The summed E-state index contributed by atoms with van der Waals surface area (Å²) in [6.07, 6.45) is 0. The van der Waals surface area contributed by atoms with Gasteiger partial charge in [-0.15, -0.1) is 0 Å². The molecule has 0 atom stereocenters. The van der Waals surface area contributed by atoms with Crippen molar-refractivity contribution >= 4 is 22.5 Å². The third-order valence-electron chi connectivity index (χ3n) is 4.54. The van der Waals surface area contributed by atoms with E-state index in [-0.39, 0.29) is 0 Å². The number of fused-ring (bicyclic) bond motifs is 2. The van der Waals surface area contributed by atoms with Crippen LogP contribution in [-0.2, 0) is 13.1 Å². The SMILES string of the molecule is Cc1cc2cc(CNCc3ccc4c(c3)OCO4)c(Cl)nc2cc1C. The summed E-state index contributed by atoms with van der Waals surface area (Å²) in [5.74, 6) is 1.60. The lowest BCUT2D eigenvalue weighted by molar-refractivity contribution is 0.174. The summed E-state index contributed by atoms with van der Waals surface area (Å²) < 4.78 is 10.7. The second-order valence-electron chi connectivity index (χ2n) is 6.36. The van der Waals surface area contributed by atoms with Gasteiger partial charge in [0.15, 0.2) is 11.5 Å². The average Bonchev–Trinajstić information content (AvgIpc) is 3.05. The number of halogens is 1. The monoisotopic (exact) mass is 354 g/mol. The maximum Gasteiger partial charge on any atom is 0.231 e. The van der Waals surface area contributed by atoms with Crippen molar-refractivity contribution in [3.05, 3.63) is 63.8 Å². The Balaban J connectivity index is 1.49. The molecular formula is C20H19ClN2O2. The molecule has 0 radical (unpaired) electrons. The largest absolute Gasteiger partial charge is 0.454 e. The molecule has 0 unspecified atom stereocenters. The number of hydrogen-bond acceptors (Lipinski definition) is 4. The minimum absolute atomic E-state index is 0.295. The van der Waals surface area contributed by atoms with Crippen LogP contribution in [0, 0.1) is 13.8 Å². The highest BCUT2D eigenvalue weighted by molar-refractivity contribution is 6.30. The van der Waals surface area contributed by atoms with E-state index in [1.807, 2.05) is 18.2 Å². The summed E-state index contributed by atoms with van der Waals surface area (Å²) in [5, 5.41) is 5.09. The molecule has 0 aliphatic carbocycles. The summed E-state index contributed by atoms with van der Waals surface area (Å²) in [7, 11) is 0. The van der Waals surface area contributed by atoms with Crippen molar-refractivity contribution in [2.75, 3.05) is 6.79 Å². The number of rotatable bonds is 4. The number of benzene rings is 2. The summed E-state index contributed by atoms with van der Waals surface area (Å²) in [4.78, 5) is 4.54. The molecule has 3 aromatic rings. The Morgan fingerprint density at radius 3 is 2.68 bits per heavy atom. The van der Waals surface area contributed by atoms with Crippen LogP contribution in [0.15, 0.2) is 36.4 Å². The van der Waals surface area contributed by atoms with E-state index in [1.165, 1.54) is 11.1 Å². The molecule has 4 nitrogen and oxygen atoms in total. The summed E-state index contributed by atoms with van der Waals surface area (Å²) in [5.41, 5.74) is 5.56. The Kier molecular flexibility index (Phi) is 4.24. The van der Waals surface area contributed by atoms with Crippen molar-refractivity contribution in [2.45, 2.75) is 26.9 Å². The fourth-order valence-corrected chi connectivity index (χ4v) is 3.19. The number of ether oxygens (including phenoxy) is 2. The first-order chi connectivity index (χ1) is 12.1. The quantitative estimate of drug-likeness (QED) is 0.699. The zero-order valence-corrected chi connectivity index (χ0v) is 15.0. The van der Waals surface area contributed by atoms with Crippen molar-refractivity contribution in [3.63, 3.8) is 0 Å². The molecule has 0 bridgehead atoms. The molecule has 128 valence electrons. The molecule has 0 spiro atoms. The first-order valence-electron chi connectivity index (χ1n) is 8.26. The third kappa shape index (κ3) is 3.28. The molecule has 2 heterocycles. The van der Waals surface area contributed by atoms with E-state index in [1.54, 1.807) is 0 Å². The number of pyridine rings is 1. The van der Waals surface area contributed by atoms with Gasteiger partial charge in [-0.2, -0.15) is 0 Å². The van der Waals surface area contributed by atoms with Gasteiger partial charge in [-0.1, -0.05) is 17.7 Å². The molecule has 5 heteroatoms. The minimum Gasteiger partial charge on any atom is -0.454 e. The molecule has 1 aliphatic heterocycles. The summed E-state index contributed by atoms with van der Waals surface area (Å²) in [6.45, 7) is 5.87. The topological polar surface area (TPSA) is 43.4 Å². The van der Waals surface area contributed by atoms with Gasteiger partial charge in [0, 0.05) is 24.0 Å². The van der Waals surface area contributed by atoms with Gasteiger partial charge in [0.1, 0.15) is 5.15 Å². The second-order valence-corrected chi connectivity index (χ2v) is 6.72. The zero-order chi connectivity index (χ0) is 17.4. The zero-order valence-electron chi connectivity index (χ0n) is 14.2. The van der Waals surface area contributed by atoms with Gasteiger partial charge < -0.3 is 14.8 Å². The first kappa shape index (κ1) is 16.2. The van der Waals surface area contributed by atoms with Crippen molar-refractivity contribution in [1.82, 2.24) is 10.3 Å². The number of aromatic nitrogens is 1. The fourth-order valence-electron chi connectivity index (χ4n) is 2.98. The third-order valence-corrected chi connectivity index (χ3v) is 4.87. The fraction of sp³-hybridized carbons (Fsp3) is 0.250. The van der Waals surface area contributed by atoms with Crippen molar-refractivity contribution in [2.24, 2.45) is 0 Å². The molecular weight excluding hydrogens is 336 g/mol. The Morgan fingerprint density at radius 2 is 1.80 bits per heavy atom. The molecule has 0 saturated heterocycles. The van der Waals surface area contributed by atoms with Gasteiger partial charge in [0.05, 0.1) is 5.52 Å². The van der Waals surface area contributed by atoms with E-state index in [2.05, 4.69) is 42.3 Å². The molecule has 1 aromatic heterocycles. The Bertz CT molecular complexity index is 956. The number of hydrogen-bond donors (Lipinski definition) is 1. The van der Waals surface area contributed by atoms with Gasteiger partial charge in [-0.3, -0.25) is 0 Å². The van der Waals surface area contributed by atoms with Gasteiger partial charge in [0.2, 0.25) is 6.79 Å². The van der Waals surface area contributed by atoms with Crippen LogP contribution >= 0.6 is 11.6 Å². The lowest BCUT2D eigenvalue weighted by Gasteiger charge is -2.10. The van der Waals surface area contributed by atoms with Crippen LogP contribution in [0.25, 0.3) is 10.9 Å². The van der Waals surface area contributed by atoms with Gasteiger partial charge in [-0.05, 0) is 60.9 Å². The smallest absolute Gasteiger partial charge is 0.231 e. The van der Waals surface area contributed by atoms with Gasteiger partial charge in [0.25, 0.3) is 0 Å². The van der Waals surface area contributed by atoms with Crippen LogP contribution in [0.1, 0.15) is 22.3 Å². The van der Waals surface area contributed by atoms with E-state index in [9.17, 15) is 0 Å². The Labute approximate surface area is 151 Å². The molecule has 4 rings (SSSR count). The highest BCUT2D eigenvalue weighted by Crippen LogP contribution is 2.32. The lowest BCUT2D eigenvalue weighted by Crippen LogP contribution is -2.13. The number of nitrogens with one attached hydrogen (secondary N) is 1. The maximum atomic E-state index is 6.37. The highest BCUT2D eigenvalue weighted by Gasteiger charge is 2.13. The van der Waals surface area contributed by atoms with Crippen molar-refractivity contribution in [1.29, 1.82) is 0 Å². The van der Waals surface area contributed by atoms with E-state index in [0.29, 0.717) is 18.5 Å². The van der Waals surface area contributed by atoms with Crippen LogP contribution in [-0.4, -0.2) is 11.8 Å². The van der Waals surface area contributed by atoms with Crippen LogP contribution in [0.3, 0.4) is 0 Å². The second kappa shape index (κ2) is 6.54. The van der Waals surface area contributed by atoms with Crippen LogP contribution < -0.4 is 14.8 Å². The van der Waals surface area contributed by atoms with Gasteiger partial charge >= 0.3 is 0 Å². The molecule has 0 amide bonds. The van der Waals surface area contributed by atoms with Gasteiger partial charge in [-0.25, -0.2) is 4.98 Å². The van der Waals surface area contributed by atoms with E-state index < -0.39 is 0 Å². The standard InChI is InChI=1S/C20H19ClN2O2/c1-12-5-15-8-16(20(21)23-17(15)6-13(12)2)10-22-9-14-3-4-18-19(7-14)25-11-24-18/h3-8,22H,9-11H2,1-2H3. The molecule has 0 saturated carbocycles. The predicted octanol–water partition coefficient (Wildman–Crippen LogP) is 4.52. The first-order valence-corrected chi connectivity index (χ1v) is 8.63. The summed E-state index contributed by atoms with van der Waals surface area (Å²) in [6, 6.07) is 12.3. The van der Waals surface area contributed by atoms with Crippen LogP contribution in [0.5, 0.6) is 11.5 Å². The number of nitrogens with zero attached hydrogens (tertiary/aromatic N) is 1.